The van der Waals surface area contributed by atoms with Crippen LogP contribution in [0.3, 0.4) is 0 Å². The van der Waals surface area contributed by atoms with Crippen LogP contribution in [-0.2, 0) is 25.6 Å². The molecule has 32 heavy (non-hydrogen) atoms. The summed E-state index contributed by atoms with van der Waals surface area (Å²) in [6, 6.07) is 11.8. The lowest BCUT2D eigenvalue weighted by Crippen LogP contribution is -2.14. The molecule has 0 aliphatic carbocycles. The minimum absolute atomic E-state index is 0.190. The third-order valence-electron chi connectivity index (χ3n) is 5.71. The van der Waals surface area contributed by atoms with Crippen LogP contribution in [0.15, 0.2) is 48.5 Å². The lowest BCUT2D eigenvalue weighted by atomic mass is 9.96. The highest BCUT2D eigenvalue weighted by Crippen LogP contribution is 2.36. The molecule has 0 fully saturated rings. The van der Waals surface area contributed by atoms with Gasteiger partial charge in [-0.05, 0) is 61.6 Å². The van der Waals surface area contributed by atoms with Gasteiger partial charge in [0.2, 0.25) is 0 Å². The molecule has 1 heterocycles. The molecule has 1 aromatic heterocycles. The van der Waals surface area contributed by atoms with Gasteiger partial charge in [-0.25, -0.2) is 0 Å². The molecule has 4 nitrogen and oxygen atoms in total. The fourth-order valence-electron chi connectivity index (χ4n) is 4.05. The zero-order chi connectivity index (χ0) is 23.5. The normalized spacial score (nSPS) is 11.7. The molecule has 0 saturated heterocycles. The zero-order valence-corrected chi connectivity index (χ0v) is 18.2. The van der Waals surface area contributed by atoms with Crippen molar-refractivity contribution >= 4 is 5.91 Å². The number of unbranched alkanes of at least 4 members (excludes halogenated alkanes) is 1. The van der Waals surface area contributed by atoms with E-state index in [0.717, 1.165) is 36.2 Å². The van der Waals surface area contributed by atoms with E-state index in [1.54, 1.807) is 12.1 Å². The van der Waals surface area contributed by atoms with E-state index in [2.05, 4.69) is 11.5 Å². The van der Waals surface area contributed by atoms with Crippen molar-refractivity contribution < 1.29 is 23.1 Å². The number of hydrogen-bond acceptors (Lipinski definition) is 2. The molecule has 3 aromatic rings. The topological polar surface area (TPSA) is 68.2 Å². The fourth-order valence-corrected chi connectivity index (χ4v) is 4.05. The van der Waals surface area contributed by atoms with E-state index < -0.39 is 17.6 Å². The molecule has 0 saturated carbocycles. The third kappa shape index (κ3) is 4.98. The summed E-state index contributed by atoms with van der Waals surface area (Å²) in [5.41, 5.74) is 9.13. The van der Waals surface area contributed by atoms with Crippen molar-refractivity contribution in [2.45, 2.75) is 52.3 Å². The van der Waals surface area contributed by atoms with Crippen LogP contribution in [0.25, 0.3) is 11.1 Å². The predicted molar refractivity (Wildman–Crippen MR) is 119 cm³/mol. The second-order valence-corrected chi connectivity index (χ2v) is 7.89. The van der Waals surface area contributed by atoms with Gasteiger partial charge in [-0.15, -0.1) is 0 Å². The Hall–Kier alpha value is -3.22. The number of primary amides is 1. The molecular formula is C25H27F3N2O2. The number of nitrogens with zero attached hydrogens (tertiary/aromatic N) is 1. The van der Waals surface area contributed by atoms with Gasteiger partial charge < -0.3 is 15.4 Å². The van der Waals surface area contributed by atoms with Crippen LogP contribution in [0.2, 0.25) is 0 Å². The minimum Gasteiger partial charge on any atom is -0.508 e. The number of aromatic nitrogens is 1. The molecule has 0 aliphatic heterocycles. The summed E-state index contributed by atoms with van der Waals surface area (Å²) in [4.78, 5) is 12.4. The van der Waals surface area contributed by atoms with Crippen molar-refractivity contribution in [3.8, 4) is 16.9 Å². The number of carbonyl (C=O) groups excluding carboxylic acids is 1. The second kappa shape index (κ2) is 9.51. The number of phenols is 1. The van der Waals surface area contributed by atoms with Crippen LogP contribution in [0.1, 0.15) is 52.6 Å². The predicted octanol–water partition coefficient (Wildman–Crippen LogP) is 5.87. The number of amides is 1. The van der Waals surface area contributed by atoms with E-state index in [4.69, 9.17) is 5.73 Å². The first-order chi connectivity index (χ1) is 15.1. The summed E-state index contributed by atoms with van der Waals surface area (Å²) in [5.74, 6) is -0.409. The van der Waals surface area contributed by atoms with Gasteiger partial charge in [0.25, 0.3) is 5.91 Å². The van der Waals surface area contributed by atoms with Gasteiger partial charge in [-0.3, -0.25) is 4.79 Å². The van der Waals surface area contributed by atoms with E-state index in [1.165, 1.54) is 12.1 Å². The van der Waals surface area contributed by atoms with E-state index in [9.17, 15) is 23.1 Å². The number of carbonyl (C=O) groups is 1. The van der Waals surface area contributed by atoms with Gasteiger partial charge in [0.15, 0.2) is 0 Å². The monoisotopic (exact) mass is 444 g/mol. The number of phenolic OH excluding ortho intramolecular Hbond substituents is 1. The van der Waals surface area contributed by atoms with Crippen LogP contribution in [0.5, 0.6) is 5.75 Å². The average Bonchev–Trinajstić information content (AvgIpc) is 3.02. The average molecular weight is 444 g/mol. The molecule has 0 bridgehead atoms. The largest absolute Gasteiger partial charge is 0.508 e. The third-order valence-corrected chi connectivity index (χ3v) is 5.71. The van der Waals surface area contributed by atoms with Crippen molar-refractivity contribution in [1.82, 2.24) is 4.57 Å². The van der Waals surface area contributed by atoms with Crippen LogP contribution >= 0.6 is 0 Å². The molecule has 0 spiro atoms. The number of alkyl halides is 3. The molecule has 7 heteroatoms. The summed E-state index contributed by atoms with van der Waals surface area (Å²) in [6.07, 6.45) is -1.28. The summed E-state index contributed by atoms with van der Waals surface area (Å²) >= 11 is 0. The smallest absolute Gasteiger partial charge is 0.416 e. The van der Waals surface area contributed by atoms with E-state index in [1.807, 2.05) is 19.1 Å². The van der Waals surface area contributed by atoms with Crippen LogP contribution in [-0.4, -0.2) is 15.6 Å². The SMILES string of the molecule is CCCCc1c(-c2ccc(C(F)(F)F)cc2)c(C(N)=O)c(C)n1CCc1ccc(O)cc1. The van der Waals surface area contributed by atoms with Crippen molar-refractivity contribution in [3.05, 3.63) is 76.6 Å². The molecule has 0 radical (unpaired) electrons. The maximum absolute atomic E-state index is 13.0. The molecule has 1 amide bonds. The van der Waals surface area contributed by atoms with Gasteiger partial charge in [0.1, 0.15) is 5.75 Å². The Morgan fingerprint density at radius 2 is 1.66 bits per heavy atom. The van der Waals surface area contributed by atoms with Crippen molar-refractivity contribution in [3.63, 3.8) is 0 Å². The number of hydrogen-bond donors (Lipinski definition) is 2. The fraction of sp³-hybridized carbons (Fsp3) is 0.320. The first kappa shape index (κ1) is 23.4. The lowest BCUT2D eigenvalue weighted by molar-refractivity contribution is -0.137. The molecule has 3 N–H and O–H groups in total. The van der Waals surface area contributed by atoms with Crippen LogP contribution < -0.4 is 5.73 Å². The summed E-state index contributed by atoms with van der Waals surface area (Å²) < 4.78 is 41.2. The summed E-state index contributed by atoms with van der Waals surface area (Å²) in [5, 5.41) is 9.50. The van der Waals surface area contributed by atoms with Gasteiger partial charge >= 0.3 is 6.18 Å². The Morgan fingerprint density at radius 1 is 1.03 bits per heavy atom. The molecule has 2 aromatic carbocycles. The van der Waals surface area contributed by atoms with E-state index in [-0.39, 0.29) is 5.75 Å². The first-order valence-corrected chi connectivity index (χ1v) is 10.6. The van der Waals surface area contributed by atoms with Crippen molar-refractivity contribution in [2.24, 2.45) is 5.73 Å². The number of aryl methyl sites for hydroxylation is 1. The molecule has 0 atom stereocenters. The molecule has 170 valence electrons. The number of rotatable bonds is 8. The molecule has 0 unspecified atom stereocenters. The number of halogens is 3. The quantitative estimate of drug-likeness (QED) is 0.456. The Bertz CT molecular complexity index is 1080. The van der Waals surface area contributed by atoms with Crippen LogP contribution in [0.4, 0.5) is 13.2 Å². The summed E-state index contributed by atoms with van der Waals surface area (Å²) in [6.45, 7) is 4.46. The Morgan fingerprint density at radius 3 is 2.19 bits per heavy atom. The lowest BCUT2D eigenvalue weighted by Gasteiger charge is -2.14. The standard InChI is InChI=1S/C25H27F3N2O2/c1-3-4-5-21-23(18-8-10-19(11-9-18)25(26,27)28)22(24(29)32)16(2)30(21)15-14-17-6-12-20(31)13-7-17/h6-13,31H,3-5,14-15H2,1-2H3,(H2,29,32). The maximum Gasteiger partial charge on any atom is 0.416 e. The van der Waals surface area contributed by atoms with Gasteiger partial charge in [-0.2, -0.15) is 13.2 Å². The van der Waals surface area contributed by atoms with E-state index in [0.29, 0.717) is 41.8 Å². The Kier molecular flexibility index (Phi) is 6.96. The minimum atomic E-state index is -4.43. The first-order valence-electron chi connectivity index (χ1n) is 10.6. The number of benzene rings is 2. The molecule has 0 aliphatic rings. The molecule has 3 rings (SSSR count). The van der Waals surface area contributed by atoms with Crippen molar-refractivity contribution in [2.75, 3.05) is 0 Å². The highest BCUT2D eigenvalue weighted by atomic mass is 19.4. The number of aromatic hydroxyl groups is 1. The Balaban J connectivity index is 2.09. The molecular weight excluding hydrogens is 417 g/mol. The highest BCUT2D eigenvalue weighted by molar-refractivity contribution is 6.02. The maximum atomic E-state index is 13.0. The van der Waals surface area contributed by atoms with Crippen LogP contribution in [0, 0.1) is 6.92 Å². The van der Waals surface area contributed by atoms with Gasteiger partial charge in [0.05, 0.1) is 11.1 Å². The zero-order valence-electron chi connectivity index (χ0n) is 18.2. The van der Waals surface area contributed by atoms with Gasteiger partial charge in [-0.1, -0.05) is 37.6 Å². The Labute approximate surface area is 185 Å². The van der Waals surface area contributed by atoms with E-state index >= 15 is 0 Å². The van der Waals surface area contributed by atoms with Crippen molar-refractivity contribution in [1.29, 1.82) is 0 Å². The van der Waals surface area contributed by atoms with Gasteiger partial charge in [0, 0.05) is 23.5 Å². The number of nitrogens with two attached hydrogens (primary N) is 1. The highest BCUT2D eigenvalue weighted by Gasteiger charge is 2.31. The summed E-state index contributed by atoms with van der Waals surface area (Å²) in [7, 11) is 0. The second-order valence-electron chi connectivity index (χ2n) is 7.89.